The van der Waals surface area contributed by atoms with E-state index in [-0.39, 0.29) is 17.0 Å². The van der Waals surface area contributed by atoms with Crippen LogP contribution in [0.4, 0.5) is 0 Å². The summed E-state index contributed by atoms with van der Waals surface area (Å²) in [5, 5.41) is 2.31. The third-order valence-corrected chi connectivity index (χ3v) is 4.77. The van der Waals surface area contributed by atoms with E-state index in [1.165, 1.54) is 0 Å². The highest BCUT2D eigenvalue weighted by Gasteiger charge is 2.20. The van der Waals surface area contributed by atoms with E-state index in [2.05, 4.69) is 4.98 Å². The number of aromatic nitrogens is 2. The summed E-state index contributed by atoms with van der Waals surface area (Å²) < 4.78 is 1.71. The molecule has 0 aliphatic heterocycles. The third kappa shape index (κ3) is 2.49. The molecule has 1 aromatic carbocycles. The normalized spacial score (nSPS) is 14.2. The van der Waals surface area contributed by atoms with Crippen molar-refractivity contribution in [1.29, 1.82) is 0 Å². The molecule has 2 aromatic heterocycles. The van der Waals surface area contributed by atoms with Crippen molar-refractivity contribution in [3.63, 3.8) is 0 Å². The average molecular weight is 319 g/mol. The molecule has 0 bridgehead atoms. The Kier molecular flexibility index (Phi) is 3.83. The molecule has 2 atom stereocenters. The zero-order valence-electron chi connectivity index (χ0n) is 11.8. The van der Waals surface area contributed by atoms with Gasteiger partial charge in [-0.05, 0) is 37.4 Å². The van der Waals surface area contributed by atoms with Gasteiger partial charge in [-0.15, -0.1) is 22.9 Å². The number of hydrogen-bond donors (Lipinski definition) is 0. The summed E-state index contributed by atoms with van der Waals surface area (Å²) in [6.45, 7) is 3.85. The maximum atomic E-state index is 12.9. The number of benzene rings is 1. The summed E-state index contributed by atoms with van der Waals surface area (Å²) in [7, 11) is 0. The lowest BCUT2D eigenvalue weighted by molar-refractivity contribution is 0.578. The van der Waals surface area contributed by atoms with E-state index in [9.17, 15) is 4.79 Å². The Hall–Kier alpha value is -1.65. The fourth-order valence-corrected chi connectivity index (χ4v) is 3.40. The van der Waals surface area contributed by atoms with Crippen molar-refractivity contribution in [2.75, 3.05) is 0 Å². The summed E-state index contributed by atoms with van der Waals surface area (Å²) in [6.07, 6.45) is 0. The maximum Gasteiger partial charge on any atom is 0.262 e. The Balaban J connectivity index is 2.31. The predicted octanol–water partition coefficient (Wildman–Crippen LogP) is 4.37. The summed E-state index contributed by atoms with van der Waals surface area (Å²) >= 11 is 7.90. The van der Waals surface area contributed by atoms with Crippen molar-refractivity contribution >= 4 is 33.8 Å². The molecule has 0 saturated carbocycles. The fourth-order valence-electron chi connectivity index (χ4n) is 2.47. The Morgan fingerprint density at radius 2 is 1.95 bits per heavy atom. The third-order valence-electron chi connectivity index (χ3n) is 3.53. The standard InChI is InChI=1S/C16H15ClN2OS/c1-10(17)15-18-13-7-4-3-6-12(13)16(20)19(15)11(2)14-8-5-9-21-14/h3-11H,1-2H3. The Labute approximate surface area is 131 Å². The van der Waals surface area contributed by atoms with Crippen molar-refractivity contribution in [3.05, 3.63) is 62.8 Å². The van der Waals surface area contributed by atoms with Crippen LogP contribution < -0.4 is 5.56 Å². The molecule has 2 heterocycles. The summed E-state index contributed by atoms with van der Waals surface area (Å²) in [4.78, 5) is 18.6. The van der Waals surface area contributed by atoms with Gasteiger partial charge >= 0.3 is 0 Å². The second kappa shape index (κ2) is 5.62. The van der Waals surface area contributed by atoms with E-state index in [0.29, 0.717) is 16.7 Å². The lowest BCUT2D eigenvalue weighted by Crippen LogP contribution is -2.28. The zero-order valence-corrected chi connectivity index (χ0v) is 13.4. The van der Waals surface area contributed by atoms with Crippen LogP contribution in [0.1, 0.15) is 36.0 Å². The van der Waals surface area contributed by atoms with E-state index in [1.807, 2.05) is 55.6 Å². The number of halogens is 1. The molecule has 0 fully saturated rings. The van der Waals surface area contributed by atoms with Crippen LogP contribution in [0.5, 0.6) is 0 Å². The number of hydrogen-bond acceptors (Lipinski definition) is 3. The SMILES string of the molecule is CC(Cl)c1nc2ccccc2c(=O)n1C(C)c1cccs1. The molecule has 3 nitrogen and oxygen atoms in total. The summed E-state index contributed by atoms with van der Waals surface area (Å²) in [6, 6.07) is 11.3. The molecule has 3 rings (SSSR count). The Bertz CT molecular complexity index is 824. The molecule has 5 heteroatoms. The van der Waals surface area contributed by atoms with Crippen molar-refractivity contribution in [1.82, 2.24) is 9.55 Å². The highest BCUT2D eigenvalue weighted by molar-refractivity contribution is 7.10. The van der Waals surface area contributed by atoms with Crippen molar-refractivity contribution in [3.8, 4) is 0 Å². The Morgan fingerprint density at radius 3 is 2.62 bits per heavy atom. The van der Waals surface area contributed by atoms with E-state index in [4.69, 9.17) is 11.6 Å². The molecule has 0 radical (unpaired) electrons. The first-order valence-electron chi connectivity index (χ1n) is 6.78. The van der Waals surface area contributed by atoms with Gasteiger partial charge < -0.3 is 0 Å². The minimum Gasteiger partial charge on any atom is -0.287 e. The fraction of sp³-hybridized carbons (Fsp3) is 0.250. The number of thiophene rings is 1. The van der Waals surface area contributed by atoms with Crippen LogP contribution in [0.2, 0.25) is 0 Å². The number of para-hydroxylation sites is 1. The van der Waals surface area contributed by atoms with E-state index in [0.717, 1.165) is 4.88 Å². The van der Waals surface area contributed by atoms with Crippen LogP contribution in [0.3, 0.4) is 0 Å². The van der Waals surface area contributed by atoms with Gasteiger partial charge in [0.05, 0.1) is 22.3 Å². The van der Waals surface area contributed by atoms with E-state index < -0.39 is 0 Å². The quantitative estimate of drug-likeness (QED) is 0.672. The number of rotatable bonds is 3. The topological polar surface area (TPSA) is 34.9 Å². The smallest absolute Gasteiger partial charge is 0.262 e. The van der Waals surface area contributed by atoms with Crippen LogP contribution in [0, 0.1) is 0 Å². The molecule has 0 saturated heterocycles. The van der Waals surface area contributed by atoms with Gasteiger partial charge in [0.2, 0.25) is 0 Å². The van der Waals surface area contributed by atoms with Crippen LogP contribution in [0.15, 0.2) is 46.6 Å². The van der Waals surface area contributed by atoms with Gasteiger partial charge in [-0.3, -0.25) is 9.36 Å². The number of alkyl halides is 1. The van der Waals surface area contributed by atoms with Gasteiger partial charge in [-0.25, -0.2) is 4.98 Å². The summed E-state index contributed by atoms with van der Waals surface area (Å²) in [5.41, 5.74) is 0.656. The first kappa shape index (κ1) is 14.3. The van der Waals surface area contributed by atoms with Crippen LogP contribution in [0.25, 0.3) is 10.9 Å². The lowest BCUT2D eigenvalue weighted by atomic mass is 10.2. The average Bonchev–Trinajstić information content (AvgIpc) is 3.00. The van der Waals surface area contributed by atoms with Gasteiger partial charge in [-0.1, -0.05) is 18.2 Å². The highest BCUT2D eigenvalue weighted by atomic mass is 35.5. The van der Waals surface area contributed by atoms with Crippen LogP contribution in [-0.2, 0) is 0 Å². The molecule has 21 heavy (non-hydrogen) atoms. The Morgan fingerprint density at radius 1 is 1.19 bits per heavy atom. The molecular weight excluding hydrogens is 304 g/mol. The second-order valence-corrected chi connectivity index (χ2v) is 6.60. The minimum atomic E-state index is -0.329. The molecule has 0 spiro atoms. The van der Waals surface area contributed by atoms with Crippen molar-refractivity contribution in [2.24, 2.45) is 0 Å². The van der Waals surface area contributed by atoms with E-state index >= 15 is 0 Å². The van der Waals surface area contributed by atoms with Crippen LogP contribution in [-0.4, -0.2) is 9.55 Å². The van der Waals surface area contributed by atoms with Crippen molar-refractivity contribution < 1.29 is 0 Å². The number of fused-ring (bicyclic) bond motifs is 1. The minimum absolute atomic E-state index is 0.0380. The van der Waals surface area contributed by atoms with Gasteiger partial charge in [0.25, 0.3) is 5.56 Å². The van der Waals surface area contributed by atoms with E-state index in [1.54, 1.807) is 15.9 Å². The molecule has 2 unspecified atom stereocenters. The molecule has 0 aliphatic carbocycles. The number of nitrogens with zero attached hydrogens (tertiary/aromatic N) is 2. The van der Waals surface area contributed by atoms with Gasteiger partial charge in [0, 0.05) is 4.88 Å². The molecule has 108 valence electrons. The van der Waals surface area contributed by atoms with Crippen LogP contribution >= 0.6 is 22.9 Å². The second-order valence-electron chi connectivity index (χ2n) is 4.97. The largest absolute Gasteiger partial charge is 0.287 e. The molecule has 0 aliphatic rings. The predicted molar refractivity (Wildman–Crippen MR) is 88.4 cm³/mol. The van der Waals surface area contributed by atoms with Gasteiger partial charge in [0.15, 0.2) is 0 Å². The zero-order chi connectivity index (χ0) is 15.0. The van der Waals surface area contributed by atoms with Gasteiger partial charge in [-0.2, -0.15) is 0 Å². The highest BCUT2D eigenvalue weighted by Crippen LogP contribution is 2.27. The first-order valence-corrected chi connectivity index (χ1v) is 8.10. The van der Waals surface area contributed by atoms with Crippen molar-refractivity contribution in [2.45, 2.75) is 25.3 Å². The monoisotopic (exact) mass is 318 g/mol. The summed E-state index contributed by atoms with van der Waals surface area (Å²) in [5.74, 6) is 0.612. The molecule has 0 N–H and O–H groups in total. The van der Waals surface area contributed by atoms with Gasteiger partial charge in [0.1, 0.15) is 5.82 Å². The lowest BCUT2D eigenvalue weighted by Gasteiger charge is -2.20. The first-order chi connectivity index (χ1) is 10.1. The molecular formula is C16H15ClN2OS. The maximum absolute atomic E-state index is 12.9. The molecule has 3 aromatic rings. The molecule has 0 amide bonds.